The van der Waals surface area contributed by atoms with Crippen LogP contribution >= 0.6 is 11.3 Å². The highest BCUT2D eigenvalue weighted by molar-refractivity contribution is 7.12. The Hall–Kier alpha value is -0.420. The number of likely N-dealkylation sites (N-methyl/N-ethyl adjacent to an activating group) is 1. The molecule has 0 aliphatic heterocycles. The largest absolute Gasteiger partial charge is 0.380 e. The molecular weight excluding hydrogens is 232 g/mol. The van der Waals surface area contributed by atoms with Crippen molar-refractivity contribution in [3.8, 4) is 0 Å². The first-order valence-corrected chi connectivity index (χ1v) is 7.11. The zero-order valence-corrected chi connectivity index (χ0v) is 11.9. The van der Waals surface area contributed by atoms with Gasteiger partial charge in [0.1, 0.15) is 0 Å². The molecule has 0 saturated heterocycles. The fourth-order valence-corrected chi connectivity index (χ4v) is 2.92. The van der Waals surface area contributed by atoms with Crippen LogP contribution in [0.2, 0.25) is 0 Å². The topological polar surface area (TPSA) is 38.5 Å². The number of thiophene rings is 1. The average Bonchev–Trinajstić information content (AvgIpc) is 2.79. The van der Waals surface area contributed by atoms with Crippen LogP contribution in [0, 0.1) is 0 Å². The van der Waals surface area contributed by atoms with Gasteiger partial charge in [0.2, 0.25) is 0 Å². The molecule has 0 bridgehead atoms. The number of aryl methyl sites for hydroxylation is 1. The van der Waals surface area contributed by atoms with Gasteiger partial charge in [-0.25, -0.2) is 0 Å². The van der Waals surface area contributed by atoms with Crippen LogP contribution in [0.25, 0.3) is 0 Å². The van der Waals surface area contributed by atoms with Crippen LogP contribution in [0.3, 0.4) is 0 Å². The summed E-state index contributed by atoms with van der Waals surface area (Å²) in [4.78, 5) is 5.07. The molecule has 0 aromatic carbocycles. The first-order valence-electron chi connectivity index (χ1n) is 6.29. The highest BCUT2D eigenvalue weighted by Crippen LogP contribution is 2.26. The van der Waals surface area contributed by atoms with Crippen molar-refractivity contribution in [2.45, 2.75) is 26.3 Å². The van der Waals surface area contributed by atoms with Gasteiger partial charge >= 0.3 is 0 Å². The lowest BCUT2D eigenvalue weighted by Gasteiger charge is -2.25. The third kappa shape index (κ3) is 4.39. The standard InChI is InChI=1S/C13H24N2OS/c1-4-11-6-7-13(17-11)12(10-14)15(3)8-9-16-5-2/h6-7,12H,4-5,8-10,14H2,1-3H3. The normalized spacial score (nSPS) is 13.2. The summed E-state index contributed by atoms with van der Waals surface area (Å²) in [6.45, 7) is 7.34. The Bertz CT molecular complexity index is 314. The zero-order chi connectivity index (χ0) is 12.7. The highest BCUT2D eigenvalue weighted by Gasteiger charge is 2.16. The van der Waals surface area contributed by atoms with Gasteiger partial charge in [-0.05, 0) is 32.5 Å². The maximum Gasteiger partial charge on any atom is 0.0593 e. The van der Waals surface area contributed by atoms with E-state index >= 15 is 0 Å². The van der Waals surface area contributed by atoms with Gasteiger partial charge in [-0.3, -0.25) is 4.90 Å². The van der Waals surface area contributed by atoms with Crippen LogP contribution in [-0.4, -0.2) is 38.3 Å². The predicted molar refractivity (Wildman–Crippen MR) is 74.6 cm³/mol. The van der Waals surface area contributed by atoms with Gasteiger partial charge in [-0.15, -0.1) is 11.3 Å². The first kappa shape index (κ1) is 14.6. The van der Waals surface area contributed by atoms with Crippen molar-refractivity contribution < 1.29 is 4.74 Å². The molecule has 0 radical (unpaired) electrons. The van der Waals surface area contributed by atoms with Crippen molar-refractivity contribution in [1.82, 2.24) is 4.90 Å². The molecule has 0 aliphatic carbocycles. The summed E-state index contributed by atoms with van der Waals surface area (Å²) in [6, 6.07) is 4.73. The summed E-state index contributed by atoms with van der Waals surface area (Å²) in [5.41, 5.74) is 5.88. The van der Waals surface area contributed by atoms with Crippen molar-refractivity contribution in [2.24, 2.45) is 5.73 Å². The third-order valence-electron chi connectivity index (χ3n) is 2.91. The van der Waals surface area contributed by atoms with Gasteiger partial charge in [-0.2, -0.15) is 0 Å². The summed E-state index contributed by atoms with van der Waals surface area (Å²) >= 11 is 1.87. The van der Waals surface area contributed by atoms with E-state index < -0.39 is 0 Å². The summed E-state index contributed by atoms with van der Waals surface area (Å²) < 4.78 is 5.38. The number of ether oxygens (including phenoxy) is 1. The number of hydrogen-bond acceptors (Lipinski definition) is 4. The molecule has 1 heterocycles. The number of nitrogens with two attached hydrogens (primary N) is 1. The van der Waals surface area contributed by atoms with E-state index in [0.717, 1.165) is 26.2 Å². The number of hydrogen-bond donors (Lipinski definition) is 1. The van der Waals surface area contributed by atoms with Crippen molar-refractivity contribution in [1.29, 1.82) is 0 Å². The van der Waals surface area contributed by atoms with E-state index in [-0.39, 0.29) is 0 Å². The quantitative estimate of drug-likeness (QED) is 0.725. The maximum atomic E-state index is 5.88. The molecule has 1 aromatic heterocycles. The Morgan fingerprint density at radius 3 is 2.71 bits per heavy atom. The van der Waals surface area contributed by atoms with Crippen molar-refractivity contribution in [2.75, 3.05) is 33.4 Å². The molecule has 4 heteroatoms. The summed E-state index contributed by atoms with van der Waals surface area (Å²) in [6.07, 6.45) is 1.10. The van der Waals surface area contributed by atoms with E-state index in [1.807, 2.05) is 18.3 Å². The molecule has 0 amide bonds. The van der Waals surface area contributed by atoms with E-state index in [2.05, 4.69) is 31.0 Å². The predicted octanol–water partition coefficient (Wildman–Crippen LogP) is 2.28. The Balaban J connectivity index is 2.56. The van der Waals surface area contributed by atoms with Crippen molar-refractivity contribution in [3.63, 3.8) is 0 Å². The molecule has 17 heavy (non-hydrogen) atoms. The molecule has 2 N–H and O–H groups in total. The van der Waals surface area contributed by atoms with Crippen LogP contribution in [0.4, 0.5) is 0 Å². The molecule has 0 spiro atoms. The Kier molecular flexibility index (Phi) is 6.73. The number of nitrogens with zero attached hydrogens (tertiary/aromatic N) is 1. The molecule has 0 aliphatic rings. The van der Waals surface area contributed by atoms with E-state index in [1.54, 1.807) is 0 Å². The second-order valence-electron chi connectivity index (χ2n) is 4.09. The summed E-state index contributed by atoms with van der Waals surface area (Å²) in [5, 5.41) is 0. The van der Waals surface area contributed by atoms with E-state index in [9.17, 15) is 0 Å². The molecule has 1 rings (SSSR count). The fourth-order valence-electron chi connectivity index (χ4n) is 1.79. The highest BCUT2D eigenvalue weighted by atomic mass is 32.1. The molecule has 1 unspecified atom stereocenters. The van der Waals surface area contributed by atoms with E-state index in [4.69, 9.17) is 10.5 Å². The molecule has 0 saturated carbocycles. The van der Waals surface area contributed by atoms with Crippen LogP contribution in [-0.2, 0) is 11.2 Å². The Labute approximate surface area is 109 Å². The first-order chi connectivity index (χ1) is 8.22. The van der Waals surface area contributed by atoms with Crippen LogP contribution < -0.4 is 5.73 Å². The second-order valence-corrected chi connectivity index (χ2v) is 5.29. The van der Waals surface area contributed by atoms with Crippen LogP contribution in [0.5, 0.6) is 0 Å². The molecule has 98 valence electrons. The molecule has 1 atom stereocenters. The molecule has 1 aromatic rings. The SMILES string of the molecule is CCOCCN(C)C(CN)c1ccc(CC)s1. The van der Waals surface area contributed by atoms with Crippen molar-refractivity contribution in [3.05, 3.63) is 21.9 Å². The second kappa shape index (κ2) is 7.82. The van der Waals surface area contributed by atoms with Gasteiger partial charge in [0.25, 0.3) is 0 Å². The minimum atomic E-state index is 0.320. The lowest BCUT2D eigenvalue weighted by molar-refractivity contribution is 0.109. The Morgan fingerprint density at radius 2 is 2.18 bits per heavy atom. The van der Waals surface area contributed by atoms with E-state index in [0.29, 0.717) is 12.6 Å². The van der Waals surface area contributed by atoms with Gasteiger partial charge in [0, 0.05) is 29.5 Å². The lowest BCUT2D eigenvalue weighted by Crippen LogP contribution is -2.32. The zero-order valence-electron chi connectivity index (χ0n) is 11.1. The monoisotopic (exact) mass is 256 g/mol. The van der Waals surface area contributed by atoms with E-state index in [1.165, 1.54) is 9.75 Å². The van der Waals surface area contributed by atoms with Gasteiger partial charge in [-0.1, -0.05) is 6.92 Å². The summed E-state index contributed by atoms with van der Waals surface area (Å²) in [7, 11) is 2.11. The van der Waals surface area contributed by atoms with Gasteiger partial charge in [0.15, 0.2) is 0 Å². The summed E-state index contributed by atoms with van der Waals surface area (Å²) in [5.74, 6) is 0. The molecule has 3 nitrogen and oxygen atoms in total. The minimum absolute atomic E-state index is 0.320. The molecule has 0 fully saturated rings. The minimum Gasteiger partial charge on any atom is -0.380 e. The average molecular weight is 256 g/mol. The lowest BCUT2D eigenvalue weighted by atomic mass is 10.2. The van der Waals surface area contributed by atoms with Crippen LogP contribution in [0.1, 0.15) is 29.6 Å². The van der Waals surface area contributed by atoms with Gasteiger partial charge in [0.05, 0.1) is 12.6 Å². The number of rotatable bonds is 8. The fraction of sp³-hybridized carbons (Fsp3) is 0.692. The van der Waals surface area contributed by atoms with Gasteiger partial charge < -0.3 is 10.5 Å². The third-order valence-corrected chi connectivity index (χ3v) is 4.24. The Morgan fingerprint density at radius 1 is 1.41 bits per heavy atom. The van der Waals surface area contributed by atoms with Crippen molar-refractivity contribution >= 4 is 11.3 Å². The maximum absolute atomic E-state index is 5.88. The molecular formula is C13H24N2OS. The smallest absolute Gasteiger partial charge is 0.0593 e. The van der Waals surface area contributed by atoms with Crippen LogP contribution in [0.15, 0.2) is 12.1 Å².